The average Bonchev–Trinajstić information content (AvgIpc) is 2.42. The molecule has 0 aliphatic heterocycles. The molecule has 4 nitrogen and oxygen atoms in total. The fraction of sp³-hybridized carbons (Fsp3) is 0.579. The van der Waals surface area contributed by atoms with Gasteiger partial charge in [0.05, 0.1) is 17.5 Å². The van der Waals surface area contributed by atoms with Crippen molar-refractivity contribution in [3.63, 3.8) is 0 Å². The van der Waals surface area contributed by atoms with Crippen molar-refractivity contribution in [2.24, 2.45) is 5.41 Å². The summed E-state index contributed by atoms with van der Waals surface area (Å²) >= 11 is 0. The predicted octanol–water partition coefficient (Wildman–Crippen LogP) is 5.69. The Labute approximate surface area is 146 Å². The van der Waals surface area contributed by atoms with Gasteiger partial charge in [0.1, 0.15) is 6.10 Å². The summed E-state index contributed by atoms with van der Waals surface area (Å²) in [6.07, 6.45) is 0.173. The van der Waals surface area contributed by atoms with Gasteiger partial charge in [0.25, 0.3) is 0 Å². The molecule has 1 aromatic carbocycles. The van der Waals surface area contributed by atoms with Crippen molar-refractivity contribution in [3.05, 3.63) is 47.3 Å². The van der Waals surface area contributed by atoms with Gasteiger partial charge in [0, 0.05) is 0 Å². The van der Waals surface area contributed by atoms with Gasteiger partial charge < -0.3 is 14.2 Å². The van der Waals surface area contributed by atoms with E-state index < -0.39 is 13.7 Å². The van der Waals surface area contributed by atoms with Crippen LogP contribution >= 0.6 is 7.60 Å². The molecular weight excluding hydrogens is 323 g/mol. The number of aliphatic hydroxyl groups excluding tert-OH is 1. The Bertz CT molecular complexity index is 571. The van der Waals surface area contributed by atoms with Crippen molar-refractivity contribution in [2.45, 2.75) is 66.8 Å². The molecule has 0 saturated heterocycles. The molecule has 0 radical (unpaired) electrons. The average molecular weight is 354 g/mol. The van der Waals surface area contributed by atoms with Crippen LogP contribution in [0.15, 0.2) is 41.7 Å². The van der Waals surface area contributed by atoms with Crippen molar-refractivity contribution in [2.75, 3.05) is 0 Å². The largest absolute Gasteiger partial charge is 0.383 e. The highest BCUT2D eigenvalue weighted by atomic mass is 31.2. The van der Waals surface area contributed by atoms with E-state index in [-0.39, 0.29) is 17.6 Å². The van der Waals surface area contributed by atoms with E-state index in [0.717, 1.165) is 0 Å². The van der Waals surface area contributed by atoms with Crippen molar-refractivity contribution >= 4 is 7.60 Å². The van der Waals surface area contributed by atoms with Gasteiger partial charge >= 0.3 is 7.60 Å². The zero-order valence-corrected chi connectivity index (χ0v) is 16.7. The Morgan fingerprint density at radius 2 is 1.50 bits per heavy atom. The van der Waals surface area contributed by atoms with E-state index in [1.54, 1.807) is 45.9 Å². The van der Waals surface area contributed by atoms with Gasteiger partial charge in [-0.2, -0.15) is 0 Å². The first kappa shape index (κ1) is 21.1. The number of aliphatic hydroxyl groups is 1. The monoisotopic (exact) mass is 354 g/mol. The topological polar surface area (TPSA) is 55.8 Å². The molecule has 24 heavy (non-hydrogen) atoms. The molecule has 0 saturated carbocycles. The molecule has 1 rings (SSSR count). The van der Waals surface area contributed by atoms with Crippen LogP contribution in [0.4, 0.5) is 0 Å². The third kappa shape index (κ3) is 6.52. The summed E-state index contributed by atoms with van der Waals surface area (Å²) in [6, 6.07) is 9.15. The maximum atomic E-state index is 13.6. The van der Waals surface area contributed by atoms with Gasteiger partial charge in [-0.25, -0.2) is 0 Å². The first-order chi connectivity index (χ1) is 10.9. The number of allylic oxidation sites excluding steroid dienone is 1. The minimum atomic E-state index is -3.65. The fourth-order valence-electron chi connectivity index (χ4n) is 2.26. The molecule has 0 aliphatic rings. The van der Waals surface area contributed by atoms with Crippen LogP contribution in [-0.2, 0) is 13.6 Å². The SMILES string of the molecule is CC(C)OP(=O)(OC(C)C)/C(=C/C(C)(C)C)C(O)c1ccccc1. The lowest BCUT2D eigenvalue weighted by molar-refractivity contribution is 0.137. The third-order valence-electron chi connectivity index (χ3n) is 2.99. The summed E-state index contributed by atoms with van der Waals surface area (Å²) in [5, 5.41) is 11.2. The molecule has 0 heterocycles. The van der Waals surface area contributed by atoms with Crippen LogP contribution in [0.1, 0.15) is 60.1 Å². The van der Waals surface area contributed by atoms with Gasteiger partial charge in [-0.15, -0.1) is 0 Å². The molecule has 1 aromatic rings. The van der Waals surface area contributed by atoms with Gasteiger partial charge in [0.2, 0.25) is 0 Å². The van der Waals surface area contributed by atoms with Crippen molar-refractivity contribution in [1.82, 2.24) is 0 Å². The van der Waals surface area contributed by atoms with Gasteiger partial charge in [-0.05, 0) is 38.7 Å². The number of hydrogen-bond acceptors (Lipinski definition) is 4. The molecule has 1 atom stereocenters. The van der Waals surface area contributed by atoms with E-state index in [9.17, 15) is 9.67 Å². The Kier molecular flexibility index (Phi) is 7.43. The Morgan fingerprint density at radius 1 is 1.04 bits per heavy atom. The smallest absolute Gasteiger partial charge is 0.360 e. The molecular formula is C19H31O4P. The highest BCUT2D eigenvalue weighted by molar-refractivity contribution is 7.58. The van der Waals surface area contributed by atoms with Crippen LogP contribution in [0.5, 0.6) is 0 Å². The minimum Gasteiger partial charge on any atom is -0.383 e. The number of hydrogen-bond donors (Lipinski definition) is 1. The Hall–Kier alpha value is -0.930. The third-order valence-corrected chi connectivity index (χ3v) is 5.40. The van der Waals surface area contributed by atoms with E-state index in [0.29, 0.717) is 10.9 Å². The number of benzene rings is 1. The van der Waals surface area contributed by atoms with E-state index >= 15 is 0 Å². The zero-order valence-electron chi connectivity index (χ0n) is 15.8. The van der Waals surface area contributed by atoms with Crippen molar-refractivity contribution in [3.8, 4) is 0 Å². The normalized spacial score (nSPS) is 15.2. The van der Waals surface area contributed by atoms with Crippen LogP contribution < -0.4 is 0 Å². The van der Waals surface area contributed by atoms with Gasteiger partial charge in [0.15, 0.2) is 0 Å². The molecule has 0 aromatic heterocycles. The zero-order chi connectivity index (χ0) is 18.5. The highest BCUT2D eigenvalue weighted by Gasteiger charge is 2.38. The van der Waals surface area contributed by atoms with Crippen LogP contribution in [0, 0.1) is 5.41 Å². The molecule has 0 bridgehead atoms. The second kappa shape index (κ2) is 8.44. The molecule has 0 aliphatic carbocycles. The highest BCUT2D eigenvalue weighted by Crippen LogP contribution is 2.62. The minimum absolute atomic E-state index is 0.290. The summed E-state index contributed by atoms with van der Waals surface area (Å²) in [5.74, 6) is 0. The van der Waals surface area contributed by atoms with Gasteiger partial charge in [-0.3, -0.25) is 4.57 Å². The molecule has 5 heteroatoms. The maximum Gasteiger partial charge on any atom is 0.360 e. The molecule has 0 fully saturated rings. The summed E-state index contributed by atoms with van der Waals surface area (Å²) in [4.78, 5) is 0. The summed E-state index contributed by atoms with van der Waals surface area (Å²) in [6.45, 7) is 13.2. The van der Waals surface area contributed by atoms with E-state index in [2.05, 4.69) is 0 Å². The van der Waals surface area contributed by atoms with E-state index in [4.69, 9.17) is 9.05 Å². The van der Waals surface area contributed by atoms with Crippen molar-refractivity contribution < 1.29 is 18.7 Å². The maximum absolute atomic E-state index is 13.6. The van der Waals surface area contributed by atoms with Crippen LogP contribution in [0.25, 0.3) is 0 Å². The second-order valence-electron chi connectivity index (χ2n) is 7.55. The standard InChI is InChI=1S/C19H31O4P/c1-14(2)22-24(21,23-15(3)4)17(13-19(5,6)7)18(20)16-11-9-8-10-12-16/h8-15,18,20H,1-7H3/b17-13+. The lowest BCUT2D eigenvalue weighted by Gasteiger charge is -2.29. The summed E-state index contributed by atoms with van der Waals surface area (Å²) in [5.41, 5.74) is 0.370. The first-order valence-electron chi connectivity index (χ1n) is 8.38. The predicted molar refractivity (Wildman–Crippen MR) is 99.0 cm³/mol. The van der Waals surface area contributed by atoms with E-state index in [1.165, 1.54) is 0 Å². The van der Waals surface area contributed by atoms with E-state index in [1.807, 2.05) is 39.0 Å². The first-order valence-corrected chi connectivity index (χ1v) is 9.92. The second-order valence-corrected chi connectivity index (χ2v) is 9.49. The fourth-order valence-corrected chi connectivity index (χ4v) is 4.66. The van der Waals surface area contributed by atoms with Crippen LogP contribution in [0.2, 0.25) is 0 Å². The molecule has 1 unspecified atom stereocenters. The van der Waals surface area contributed by atoms with Crippen LogP contribution in [-0.4, -0.2) is 17.3 Å². The molecule has 0 spiro atoms. The molecule has 136 valence electrons. The van der Waals surface area contributed by atoms with Crippen molar-refractivity contribution in [1.29, 1.82) is 0 Å². The lowest BCUT2D eigenvalue weighted by atomic mass is 9.94. The Morgan fingerprint density at radius 3 is 1.88 bits per heavy atom. The Balaban J connectivity index is 3.44. The summed E-state index contributed by atoms with van der Waals surface area (Å²) < 4.78 is 25.0. The quantitative estimate of drug-likeness (QED) is 0.639. The number of rotatable bonds is 7. The molecule has 0 amide bonds. The van der Waals surface area contributed by atoms with Crippen LogP contribution in [0.3, 0.4) is 0 Å². The van der Waals surface area contributed by atoms with Gasteiger partial charge in [-0.1, -0.05) is 57.2 Å². The molecule has 1 N–H and O–H groups in total. The summed E-state index contributed by atoms with van der Waals surface area (Å²) in [7, 11) is -3.65. The lowest BCUT2D eigenvalue weighted by Crippen LogP contribution is -2.15.